The van der Waals surface area contributed by atoms with Crippen molar-refractivity contribution < 1.29 is 24.3 Å². The summed E-state index contributed by atoms with van der Waals surface area (Å²) < 4.78 is 10.4. The number of hydrogen-bond acceptors (Lipinski definition) is 7. The van der Waals surface area contributed by atoms with Crippen LogP contribution in [-0.4, -0.2) is 33.3 Å². The van der Waals surface area contributed by atoms with Crippen LogP contribution < -0.4 is 9.47 Å². The van der Waals surface area contributed by atoms with Crippen molar-refractivity contribution in [2.75, 3.05) is 7.11 Å². The summed E-state index contributed by atoms with van der Waals surface area (Å²) in [6, 6.07) is 10.9. The monoisotopic (exact) mass is 381 g/mol. The highest BCUT2D eigenvalue weighted by molar-refractivity contribution is 5.80. The van der Waals surface area contributed by atoms with Crippen LogP contribution in [-0.2, 0) is 4.79 Å². The summed E-state index contributed by atoms with van der Waals surface area (Å²) in [6.07, 6.45) is 0.0579. The molecule has 2 aromatic carbocycles. The van der Waals surface area contributed by atoms with Crippen LogP contribution in [0.2, 0.25) is 0 Å². The van der Waals surface area contributed by atoms with E-state index in [1.54, 1.807) is 24.3 Å². The zero-order valence-corrected chi connectivity index (χ0v) is 14.7. The first-order valence-corrected chi connectivity index (χ1v) is 8.38. The average Bonchev–Trinajstić information content (AvgIpc) is 3.11. The van der Waals surface area contributed by atoms with Crippen LogP contribution in [0.5, 0.6) is 17.4 Å². The van der Waals surface area contributed by atoms with E-state index in [1.165, 1.54) is 25.3 Å². The van der Waals surface area contributed by atoms with E-state index in [0.717, 1.165) is 5.56 Å². The highest BCUT2D eigenvalue weighted by atomic mass is 16.6. The molecule has 3 aromatic rings. The fraction of sp³-hybridized carbons (Fsp3) is 0.158. The molecule has 1 aliphatic heterocycles. The number of nitro groups is 1. The molecule has 2 N–H and O–H groups in total. The quantitative estimate of drug-likeness (QED) is 0.404. The van der Waals surface area contributed by atoms with Crippen LogP contribution in [0.1, 0.15) is 23.5 Å². The molecule has 0 radical (unpaired) electrons. The number of methoxy groups -OCH3 is 1. The number of non-ortho nitro benzene ring substituents is 1. The number of phenols is 1. The van der Waals surface area contributed by atoms with Crippen LogP contribution in [0.3, 0.4) is 0 Å². The van der Waals surface area contributed by atoms with Gasteiger partial charge in [-0.2, -0.15) is 0 Å². The van der Waals surface area contributed by atoms with E-state index in [4.69, 9.17) is 9.47 Å². The normalized spacial score (nSPS) is 15.6. The molecule has 0 unspecified atom stereocenters. The lowest BCUT2D eigenvalue weighted by Crippen LogP contribution is -2.20. The molecular weight excluding hydrogens is 366 g/mol. The average molecular weight is 381 g/mol. The highest BCUT2D eigenvalue weighted by Gasteiger charge is 2.34. The first-order valence-electron chi connectivity index (χ1n) is 8.38. The van der Waals surface area contributed by atoms with Gasteiger partial charge in [-0.25, -0.2) is 0 Å². The summed E-state index contributed by atoms with van der Waals surface area (Å²) in [4.78, 5) is 22.7. The lowest BCUT2D eigenvalue weighted by molar-refractivity contribution is -0.384. The molecule has 0 saturated heterocycles. The molecule has 1 atom stereocenters. The van der Waals surface area contributed by atoms with Gasteiger partial charge in [0, 0.05) is 23.6 Å². The molecule has 0 amide bonds. The van der Waals surface area contributed by atoms with Crippen LogP contribution in [0.4, 0.5) is 5.69 Å². The number of H-pyrrole nitrogens is 1. The van der Waals surface area contributed by atoms with Gasteiger partial charge >= 0.3 is 5.97 Å². The van der Waals surface area contributed by atoms with Gasteiger partial charge in [-0.15, -0.1) is 5.10 Å². The molecule has 1 aromatic heterocycles. The van der Waals surface area contributed by atoms with Gasteiger partial charge in [0.1, 0.15) is 0 Å². The number of phenolic OH excluding ortho intramolecular Hbond substituents is 1. The van der Waals surface area contributed by atoms with Crippen molar-refractivity contribution in [3.63, 3.8) is 0 Å². The van der Waals surface area contributed by atoms with E-state index in [0.29, 0.717) is 16.8 Å². The molecule has 0 spiro atoms. The van der Waals surface area contributed by atoms with Crippen LogP contribution >= 0.6 is 0 Å². The van der Waals surface area contributed by atoms with E-state index in [1.807, 2.05) is 0 Å². The summed E-state index contributed by atoms with van der Waals surface area (Å²) in [5, 5.41) is 27.9. The van der Waals surface area contributed by atoms with Gasteiger partial charge in [-0.3, -0.25) is 20.0 Å². The number of nitrogens with one attached hydrogen (secondary N) is 1. The fourth-order valence-electron chi connectivity index (χ4n) is 3.34. The minimum atomic E-state index is -0.478. The summed E-state index contributed by atoms with van der Waals surface area (Å²) in [7, 11) is 1.44. The van der Waals surface area contributed by atoms with Gasteiger partial charge < -0.3 is 14.6 Å². The highest BCUT2D eigenvalue weighted by Crippen LogP contribution is 2.44. The first-order chi connectivity index (χ1) is 13.5. The topological polar surface area (TPSA) is 128 Å². The Bertz CT molecular complexity index is 1090. The summed E-state index contributed by atoms with van der Waals surface area (Å²) in [5.74, 6) is -0.468. The number of benzene rings is 2. The third kappa shape index (κ3) is 2.92. The molecule has 0 bridgehead atoms. The summed E-state index contributed by atoms with van der Waals surface area (Å²) in [6.45, 7) is 0. The maximum Gasteiger partial charge on any atom is 0.313 e. The second kappa shape index (κ2) is 6.69. The molecule has 0 saturated carbocycles. The Balaban J connectivity index is 1.86. The lowest BCUT2D eigenvalue weighted by Gasteiger charge is -2.23. The molecule has 4 rings (SSSR count). The van der Waals surface area contributed by atoms with E-state index in [9.17, 15) is 20.0 Å². The zero-order valence-electron chi connectivity index (χ0n) is 14.7. The van der Waals surface area contributed by atoms with Crippen molar-refractivity contribution in [1.82, 2.24) is 10.2 Å². The van der Waals surface area contributed by atoms with Gasteiger partial charge in [-0.1, -0.05) is 18.2 Å². The maximum absolute atomic E-state index is 12.1. The Morgan fingerprint density at radius 1 is 1.32 bits per heavy atom. The minimum absolute atomic E-state index is 0.0176. The van der Waals surface area contributed by atoms with Crippen molar-refractivity contribution in [2.45, 2.75) is 12.3 Å². The number of rotatable bonds is 4. The molecule has 142 valence electrons. The number of ether oxygens (including phenoxy) is 2. The number of aromatic nitrogens is 2. The number of fused-ring (bicyclic) bond motifs is 1. The molecule has 28 heavy (non-hydrogen) atoms. The van der Waals surface area contributed by atoms with Crippen molar-refractivity contribution >= 4 is 11.7 Å². The molecule has 2 heterocycles. The van der Waals surface area contributed by atoms with Gasteiger partial charge in [0.05, 0.1) is 29.7 Å². The van der Waals surface area contributed by atoms with E-state index in [-0.39, 0.29) is 29.5 Å². The van der Waals surface area contributed by atoms with Gasteiger partial charge in [0.25, 0.3) is 5.69 Å². The van der Waals surface area contributed by atoms with E-state index < -0.39 is 16.8 Å². The third-order valence-corrected chi connectivity index (χ3v) is 4.65. The number of aromatic amines is 1. The largest absolute Gasteiger partial charge is 0.504 e. The van der Waals surface area contributed by atoms with Gasteiger partial charge in [0.2, 0.25) is 5.88 Å². The predicted octanol–water partition coefficient (Wildman–Crippen LogP) is 3.14. The Hall–Kier alpha value is -3.88. The maximum atomic E-state index is 12.1. The van der Waals surface area contributed by atoms with E-state index in [2.05, 4.69) is 10.2 Å². The van der Waals surface area contributed by atoms with Gasteiger partial charge in [0.15, 0.2) is 11.5 Å². The van der Waals surface area contributed by atoms with E-state index >= 15 is 0 Å². The molecule has 0 fully saturated rings. The number of nitro benzene ring substituents is 1. The Morgan fingerprint density at radius 3 is 2.89 bits per heavy atom. The zero-order chi connectivity index (χ0) is 19.8. The standard InChI is InChI=1S/C19H15N3O6/c1-27-15-8-10(5-6-14(15)23)13-9-16(24)28-19-17(13)18(20-21-19)11-3-2-4-12(7-11)22(25)26/h2-8,13,23H,9H2,1H3,(H,20,21)/t13-/m1/s1. The first kappa shape index (κ1) is 17.5. The molecule has 9 heteroatoms. The molecule has 1 aliphatic rings. The van der Waals surface area contributed by atoms with Crippen LogP contribution in [0, 0.1) is 10.1 Å². The summed E-state index contributed by atoms with van der Waals surface area (Å²) >= 11 is 0. The van der Waals surface area contributed by atoms with Crippen molar-refractivity contribution in [2.24, 2.45) is 0 Å². The molecule has 0 aliphatic carbocycles. The van der Waals surface area contributed by atoms with Crippen LogP contribution in [0.15, 0.2) is 42.5 Å². The number of nitrogens with zero attached hydrogens (tertiary/aromatic N) is 2. The summed E-state index contributed by atoms with van der Waals surface area (Å²) in [5.41, 5.74) is 2.37. The second-order valence-corrected chi connectivity index (χ2v) is 6.29. The number of hydrogen-bond donors (Lipinski definition) is 2. The SMILES string of the molecule is COc1cc([C@H]2CC(=O)Oc3n[nH]c(-c4cccc([N+](=O)[O-])c4)c32)ccc1O. The Morgan fingerprint density at radius 2 is 2.14 bits per heavy atom. The van der Waals surface area contributed by atoms with Crippen molar-refractivity contribution in [3.8, 4) is 28.6 Å². The Labute approximate surface area is 158 Å². The Kier molecular flexibility index (Phi) is 4.19. The minimum Gasteiger partial charge on any atom is -0.504 e. The van der Waals surface area contributed by atoms with Gasteiger partial charge in [-0.05, 0) is 17.7 Å². The predicted molar refractivity (Wildman–Crippen MR) is 97.4 cm³/mol. The molecule has 9 nitrogen and oxygen atoms in total. The second-order valence-electron chi connectivity index (χ2n) is 6.29. The number of aromatic hydroxyl groups is 1. The van der Waals surface area contributed by atoms with Crippen molar-refractivity contribution in [3.05, 3.63) is 63.7 Å². The van der Waals surface area contributed by atoms with Crippen molar-refractivity contribution in [1.29, 1.82) is 0 Å². The molecular formula is C19H15N3O6. The fourth-order valence-corrected chi connectivity index (χ4v) is 3.34. The number of carbonyl (C=O) groups is 1. The van der Waals surface area contributed by atoms with Crippen LogP contribution in [0.25, 0.3) is 11.3 Å². The lowest BCUT2D eigenvalue weighted by atomic mass is 9.85. The smallest absolute Gasteiger partial charge is 0.313 e. The third-order valence-electron chi connectivity index (χ3n) is 4.65. The number of carbonyl (C=O) groups excluding carboxylic acids is 1. The number of esters is 1.